The Morgan fingerprint density at radius 3 is 1.17 bits per heavy atom. The van der Waals surface area contributed by atoms with E-state index in [0.717, 1.165) is 70.6 Å². The Kier molecular flexibility index (Phi) is 52.3. The first-order valence-corrected chi connectivity index (χ1v) is 37.8. The van der Waals surface area contributed by atoms with Gasteiger partial charge in [-0.15, -0.1) is 0 Å². The monoisotopic (exact) mass is 1360 g/mol. The van der Waals surface area contributed by atoms with E-state index in [-0.39, 0.29) is 18.9 Å². The van der Waals surface area contributed by atoms with Crippen LogP contribution in [0.1, 0.15) is 264 Å². The average Bonchev–Trinajstić information content (AvgIpc) is 0.786. The van der Waals surface area contributed by atoms with Crippen molar-refractivity contribution in [1.82, 2.24) is 5.32 Å². The number of carbonyl (C=O) groups is 1. The molecule has 17 unspecified atom stereocenters. The Balaban J connectivity index is 1.39. The maximum absolute atomic E-state index is 13.4. The van der Waals surface area contributed by atoms with Crippen molar-refractivity contribution in [2.45, 2.75) is 369 Å². The number of hydrogen-bond acceptors (Lipinski definition) is 18. The van der Waals surface area contributed by atoms with Crippen LogP contribution in [0.5, 0.6) is 0 Å². The number of carbonyl (C=O) groups excluding carboxylic acids is 1. The molecule has 0 aromatic rings. The van der Waals surface area contributed by atoms with Gasteiger partial charge in [-0.2, -0.15) is 0 Å². The number of aliphatic hydroxyl groups excluding tert-OH is 11. The number of aliphatic hydroxyl groups is 11. The van der Waals surface area contributed by atoms with Gasteiger partial charge in [0.05, 0.1) is 38.6 Å². The molecule has 17 atom stereocenters. The van der Waals surface area contributed by atoms with Crippen LogP contribution < -0.4 is 5.32 Å². The molecule has 3 heterocycles. The lowest BCUT2D eigenvalue weighted by Crippen LogP contribution is -2.66. The van der Waals surface area contributed by atoms with Crippen LogP contribution in [0.4, 0.5) is 0 Å². The maximum Gasteiger partial charge on any atom is 0.220 e. The van der Waals surface area contributed by atoms with E-state index >= 15 is 0 Å². The van der Waals surface area contributed by atoms with E-state index < -0.39 is 124 Å². The summed E-state index contributed by atoms with van der Waals surface area (Å²) in [6, 6.07) is -1.00. The molecule has 12 N–H and O–H groups in total. The van der Waals surface area contributed by atoms with Crippen LogP contribution >= 0.6 is 0 Å². The molecule has 3 saturated heterocycles. The summed E-state index contributed by atoms with van der Waals surface area (Å²) in [6.45, 7) is 1.61. The third-order valence-corrected chi connectivity index (χ3v) is 18.4. The first-order valence-electron chi connectivity index (χ1n) is 37.8. The summed E-state index contributed by atoms with van der Waals surface area (Å²) in [4.78, 5) is 13.4. The zero-order chi connectivity index (χ0) is 69.6. The summed E-state index contributed by atoms with van der Waals surface area (Å²) in [5, 5.41) is 121. The number of nitrogens with one attached hydrogen (secondary N) is 1. The fourth-order valence-corrected chi connectivity index (χ4v) is 12.3. The maximum atomic E-state index is 13.4. The van der Waals surface area contributed by atoms with E-state index in [1.165, 1.54) is 161 Å². The minimum absolute atomic E-state index is 0.230. The van der Waals surface area contributed by atoms with Gasteiger partial charge in [0.25, 0.3) is 0 Å². The SMILES string of the molecule is CC/C=C\C/C=C\C/C=C\C/C=C\CCCCCCCCCCCCCCCCCCCCC(=O)NC(COC1OC(CO)C(OC2OC(CO)C(OC3OC(CO)C(O)C(O)C3O)C(O)C2O)C(O)C1O)C(O)/C=C/CC/C=C/CC/C=C/CCCCCCCCCCCC. The van der Waals surface area contributed by atoms with Crippen LogP contribution in [0.15, 0.2) is 85.1 Å². The number of amides is 1. The molecule has 19 heteroatoms. The van der Waals surface area contributed by atoms with Crippen LogP contribution in [0, 0.1) is 0 Å². The molecule has 96 heavy (non-hydrogen) atoms. The Morgan fingerprint density at radius 1 is 0.385 bits per heavy atom. The third kappa shape index (κ3) is 38.1. The number of rotatable bonds is 58. The Bertz CT molecular complexity index is 2070. The van der Waals surface area contributed by atoms with Crippen molar-refractivity contribution in [3.8, 4) is 0 Å². The zero-order valence-electron chi connectivity index (χ0n) is 59.1. The Morgan fingerprint density at radius 2 is 0.729 bits per heavy atom. The summed E-state index contributed by atoms with van der Waals surface area (Å²) < 4.78 is 34.4. The number of unbranched alkanes of at least 4 members (excludes halogenated alkanes) is 30. The van der Waals surface area contributed by atoms with Crippen LogP contribution in [-0.4, -0.2) is 193 Å². The lowest BCUT2D eigenvalue weighted by atomic mass is 9.96. The summed E-state index contributed by atoms with van der Waals surface area (Å²) >= 11 is 0. The highest BCUT2D eigenvalue weighted by atomic mass is 16.8. The second-order valence-corrected chi connectivity index (χ2v) is 26.7. The summed E-state index contributed by atoms with van der Waals surface area (Å²) in [6.07, 6.45) is 48.5. The zero-order valence-corrected chi connectivity index (χ0v) is 59.1. The van der Waals surface area contributed by atoms with Crippen molar-refractivity contribution in [1.29, 1.82) is 0 Å². The van der Waals surface area contributed by atoms with Gasteiger partial charge >= 0.3 is 0 Å². The highest BCUT2D eigenvalue weighted by molar-refractivity contribution is 5.76. The molecule has 3 fully saturated rings. The topological polar surface area (TPSA) is 307 Å². The first-order chi connectivity index (χ1) is 46.8. The molecule has 0 bridgehead atoms. The van der Waals surface area contributed by atoms with Crippen molar-refractivity contribution >= 4 is 5.91 Å². The molecule has 0 aromatic heterocycles. The van der Waals surface area contributed by atoms with Crippen molar-refractivity contribution in [3.63, 3.8) is 0 Å². The molecule has 3 aliphatic rings. The highest BCUT2D eigenvalue weighted by Gasteiger charge is 2.53. The largest absolute Gasteiger partial charge is 0.394 e. The fourth-order valence-electron chi connectivity index (χ4n) is 12.3. The minimum atomic E-state index is -1.99. The number of ether oxygens (including phenoxy) is 6. The van der Waals surface area contributed by atoms with Gasteiger partial charge in [-0.1, -0.05) is 259 Å². The molecule has 0 saturated carbocycles. The van der Waals surface area contributed by atoms with E-state index in [1.54, 1.807) is 6.08 Å². The molecule has 3 rings (SSSR count). The molecule has 0 radical (unpaired) electrons. The molecular weight excluding hydrogens is 1230 g/mol. The highest BCUT2D eigenvalue weighted by Crippen LogP contribution is 2.33. The Hall–Kier alpha value is -3.03. The second kappa shape index (κ2) is 57.6. The quantitative estimate of drug-likeness (QED) is 0.0199. The molecule has 0 spiro atoms. The number of hydrogen-bond donors (Lipinski definition) is 12. The van der Waals surface area contributed by atoms with E-state index in [0.29, 0.717) is 12.8 Å². The van der Waals surface area contributed by atoms with Crippen LogP contribution in [0.3, 0.4) is 0 Å². The van der Waals surface area contributed by atoms with Crippen molar-refractivity contribution < 1.29 is 89.4 Å². The number of allylic oxidation sites excluding steroid dienone is 13. The fraction of sp³-hybridized carbons (Fsp3) is 0.805. The predicted octanol–water partition coefficient (Wildman–Crippen LogP) is 11.4. The second-order valence-electron chi connectivity index (χ2n) is 26.7. The van der Waals surface area contributed by atoms with Gasteiger partial charge in [-0.25, -0.2) is 0 Å². The van der Waals surface area contributed by atoms with E-state index in [1.807, 2.05) is 6.08 Å². The Labute approximate surface area is 578 Å². The van der Waals surface area contributed by atoms with Crippen molar-refractivity contribution in [2.24, 2.45) is 0 Å². The molecule has 0 aliphatic carbocycles. The van der Waals surface area contributed by atoms with Gasteiger partial charge in [-0.3, -0.25) is 4.79 Å². The average molecular weight is 1360 g/mol. The standard InChI is InChI=1S/C77H135NO18/c1-3-5-7-9-11-13-15-17-19-21-23-25-26-27-28-29-30-31-32-33-34-35-37-39-41-43-45-47-49-51-53-55-65(83)78-60(61(82)54-52-50-48-46-44-42-40-38-36-24-22-20-18-16-14-12-10-8-6-4-2)59-91-75-71(89)68(86)73(63(57-80)93-75)96-77-72(90)69(87)74(64(58-81)94-77)95-76-70(88)67(85)66(84)62(56-79)92-76/h5,7,11,13,17,19,23,25,36,38,44,46,52,54,60-64,66-77,79-82,84-90H,3-4,6,8-10,12,14-16,18,20-22,24,26-35,37,39-43,45,47-51,53,55-59H2,1-2H3,(H,78,83)/b7-5-,13-11-,19-17-,25-23-,38-36+,46-44+,54-52+. The van der Waals surface area contributed by atoms with E-state index in [9.17, 15) is 61.0 Å². The van der Waals surface area contributed by atoms with Gasteiger partial charge in [0.15, 0.2) is 18.9 Å². The predicted molar refractivity (Wildman–Crippen MR) is 378 cm³/mol. The van der Waals surface area contributed by atoms with E-state index in [2.05, 4.69) is 92.1 Å². The molecule has 556 valence electrons. The first kappa shape index (κ1) is 87.2. The molecule has 3 aliphatic heterocycles. The summed E-state index contributed by atoms with van der Waals surface area (Å²) in [5.74, 6) is -0.289. The van der Waals surface area contributed by atoms with Crippen LogP contribution in [0.25, 0.3) is 0 Å². The summed E-state index contributed by atoms with van der Waals surface area (Å²) in [7, 11) is 0. The normalized spacial score (nSPS) is 27.5. The smallest absolute Gasteiger partial charge is 0.220 e. The van der Waals surface area contributed by atoms with Gasteiger partial charge in [0.2, 0.25) is 5.91 Å². The van der Waals surface area contributed by atoms with Crippen molar-refractivity contribution in [2.75, 3.05) is 26.4 Å². The van der Waals surface area contributed by atoms with Gasteiger partial charge in [0.1, 0.15) is 73.2 Å². The van der Waals surface area contributed by atoms with Gasteiger partial charge in [-0.05, 0) is 83.5 Å². The van der Waals surface area contributed by atoms with Gasteiger partial charge < -0.3 is 89.9 Å². The molecule has 0 aromatic carbocycles. The molecular formula is C77H135NO18. The van der Waals surface area contributed by atoms with E-state index in [4.69, 9.17) is 28.4 Å². The minimum Gasteiger partial charge on any atom is -0.394 e. The van der Waals surface area contributed by atoms with Crippen molar-refractivity contribution in [3.05, 3.63) is 85.1 Å². The summed E-state index contributed by atoms with van der Waals surface area (Å²) in [5.41, 5.74) is 0. The lowest BCUT2D eigenvalue weighted by Gasteiger charge is -2.48. The lowest BCUT2D eigenvalue weighted by molar-refractivity contribution is -0.379. The van der Waals surface area contributed by atoms with Crippen LogP contribution in [-0.2, 0) is 33.2 Å². The van der Waals surface area contributed by atoms with Crippen LogP contribution in [0.2, 0.25) is 0 Å². The third-order valence-electron chi connectivity index (χ3n) is 18.4. The van der Waals surface area contributed by atoms with Gasteiger partial charge in [0, 0.05) is 6.42 Å². The molecule has 19 nitrogen and oxygen atoms in total. The molecule has 1 amide bonds.